The fourth-order valence-electron chi connectivity index (χ4n) is 3.30. The minimum Gasteiger partial charge on any atom is -0.451 e. The second-order valence-electron chi connectivity index (χ2n) is 7.72. The summed E-state index contributed by atoms with van der Waals surface area (Å²) in [6.45, 7) is 6.00. The molecule has 0 N–H and O–H groups in total. The number of benzene rings is 2. The molecule has 2 aromatic carbocycles. The number of ketones is 1. The Morgan fingerprint density at radius 1 is 0.724 bits per heavy atom. The van der Waals surface area contributed by atoms with Gasteiger partial charge in [0.2, 0.25) is 5.78 Å². The average molecular weight is 395 g/mol. The highest BCUT2D eigenvalue weighted by Crippen LogP contribution is 2.14. The molecular weight excluding hydrogens is 360 g/mol. The molecular formula is C26H34O3. The average Bonchev–Trinajstić information content (AvgIpc) is 2.75. The lowest BCUT2D eigenvalue weighted by atomic mass is 10.0. The zero-order chi connectivity index (χ0) is 21.1. The molecule has 0 radical (unpaired) electrons. The van der Waals surface area contributed by atoms with E-state index >= 15 is 0 Å². The summed E-state index contributed by atoms with van der Waals surface area (Å²) in [7, 11) is 0. The third kappa shape index (κ3) is 7.49. The van der Waals surface area contributed by atoms with Crippen LogP contribution in [-0.4, -0.2) is 17.9 Å². The third-order valence-electron chi connectivity index (χ3n) is 5.22. The van der Waals surface area contributed by atoms with Crippen LogP contribution in [0.4, 0.5) is 0 Å². The van der Waals surface area contributed by atoms with Gasteiger partial charge in [-0.05, 0) is 55.9 Å². The number of carbonyl (C=O) groups excluding carboxylic acids is 2. The van der Waals surface area contributed by atoms with Gasteiger partial charge in [0.25, 0.3) is 0 Å². The van der Waals surface area contributed by atoms with Crippen LogP contribution in [0, 0.1) is 0 Å². The molecule has 3 heteroatoms. The maximum Gasteiger partial charge on any atom is 0.338 e. The maximum absolute atomic E-state index is 12.6. The molecule has 3 nitrogen and oxygen atoms in total. The van der Waals surface area contributed by atoms with E-state index in [-0.39, 0.29) is 5.78 Å². The Kier molecular flexibility index (Phi) is 9.63. The Morgan fingerprint density at radius 3 is 1.79 bits per heavy atom. The lowest BCUT2D eigenvalue weighted by Crippen LogP contribution is -2.24. The Morgan fingerprint density at radius 2 is 1.24 bits per heavy atom. The fraction of sp³-hybridized carbons (Fsp3) is 0.462. The van der Waals surface area contributed by atoms with Gasteiger partial charge in [-0.15, -0.1) is 0 Å². The lowest BCUT2D eigenvalue weighted by molar-refractivity contribution is 0.0319. The van der Waals surface area contributed by atoms with Crippen molar-refractivity contribution in [2.24, 2.45) is 0 Å². The van der Waals surface area contributed by atoms with Gasteiger partial charge < -0.3 is 4.74 Å². The van der Waals surface area contributed by atoms with E-state index < -0.39 is 12.1 Å². The summed E-state index contributed by atoms with van der Waals surface area (Å²) in [5.74, 6) is -0.629. The second-order valence-corrected chi connectivity index (χ2v) is 7.72. The summed E-state index contributed by atoms with van der Waals surface area (Å²) < 4.78 is 5.41. The monoisotopic (exact) mass is 394 g/mol. The minimum absolute atomic E-state index is 0.173. The van der Waals surface area contributed by atoms with Gasteiger partial charge in [0.15, 0.2) is 6.10 Å². The summed E-state index contributed by atoms with van der Waals surface area (Å²) in [4.78, 5) is 25.0. The van der Waals surface area contributed by atoms with Crippen LogP contribution in [0.2, 0.25) is 0 Å². The largest absolute Gasteiger partial charge is 0.451 e. The normalized spacial score (nSPS) is 11.8. The summed E-state index contributed by atoms with van der Waals surface area (Å²) in [5, 5.41) is 0. The predicted octanol–water partition coefficient (Wildman–Crippen LogP) is 6.58. The van der Waals surface area contributed by atoms with Crippen molar-refractivity contribution in [3.05, 3.63) is 70.8 Å². The van der Waals surface area contributed by atoms with E-state index in [1.807, 2.05) is 36.4 Å². The van der Waals surface area contributed by atoms with Crippen molar-refractivity contribution in [2.75, 3.05) is 0 Å². The van der Waals surface area contributed by atoms with E-state index in [1.165, 1.54) is 36.8 Å². The first kappa shape index (κ1) is 22.9. The van der Waals surface area contributed by atoms with Crippen molar-refractivity contribution in [3.8, 4) is 0 Å². The first-order valence-corrected chi connectivity index (χ1v) is 11.0. The zero-order valence-corrected chi connectivity index (χ0v) is 18.1. The number of unbranched alkanes of at least 4 members (excludes halogenated alkanes) is 4. The third-order valence-corrected chi connectivity index (χ3v) is 5.22. The van der Waals surface area contributed by atoms with Crippen LogP contribution in [0.1, 0.15) is 91.1 Å². The van der Waals surface area contributed by atoms with E-state index in [2.05, 4.69) is 13.8 Å². The Balaban J connectivity index is 1.88. The first-order valence-electron chi connectivity index (χ1n) is 11.0. The summed E-state index contributed by atoms with van der Waals surface area (Å²) >= 11 is 0. The molecule has 1 unspecified atom stereocenters. The number of hydrogen-bond donors (Lipinski definition) is 0. The van der Waals surface area contributed by atoms with Crippen LogP contribution in [0.5, 0.6) is 0 Å². The van der Waals surface area contributed by atoms with Gasteiger partial charge >= 0.3 is 5.97 Å². The van der Waals surface area contributed by atoms with Crippen molar-refractivity contribution in [2.45, 2.75) is 78.2 Å². The molecule has 0 aliphatic rings. The first-order chi connectivity index (χ1) is 14.0. The van der Waals surface area contributed by atoms with Gasteiger partial charge in [-0.1, -0.05) is 75.9 Å². The number of aryl methyl sites for hydroxylation is 2. The zero-order valence-electron chi connectivity index (χ0n) is 18.1. The molecule has 0 saturated heterocycles. The molecule has 0 heterocycles. The van der Waals surface area contributed by atoms with Crippen LogP contribution in [-0.2, 0) is 17.6 Å². The number of rotatable bonds is 12. The molecule has 0 aromatic heterocycles. The van der Waals surface area contributed by atoms with E-state index in [1.54, 1.807) is 19.1 Å². The second kappa shape index (κ2) is 12.2. The van der Waals surface area contributed by atoms with Crippen LogP contribution in [0.15, 0.2) is 48.5 Å². The van der Waals surface area contributed by atoms with E-state index in [4.69, 9.17) is 4.74 Å². The molecule has 0 saturated carbocycles. The van der Waals surface area contributed by atoms with Crippen molar-refractivity contribution < 1.29 is 14.3 Å². The standard InChI is InChI=1S/C26H34O3/c1-4-6-8-9-11-22-14-18-24(19-15-22)26(28)29-20(3)25(27)23-16-12-21(13-17-23)10-7-5-2/h12-20H,4-11H2,1-3H3. The number of carbonyl (C=O) groups is 2. The van der Waals surface area contributed by atoms with Crippen molar-refractivity contribution >= 4 is 11.8 Å². The number of hydrogen-bond acceptors (Lipinski definition) is 3. The summed E-state index contributed by atoms with van der Waals surface area (Å²) in [5.41, 5.74) is 3.51. The molecule has 0 aliphatic heterocycles. The Labute approximate surface area is 175 Å². The van der Waals surface area contributed by atoms with E-state index in [0.717, 1.165) is 25.7 Å². The summed E-state index contributed by atoms with van der Waals surface area (Å²) in [6, 6.07) is 15.1. The molecule has 0 bridgehead atoms. The molecule has 2 aromatic rings. The summed E-state index contributed by atoms with van der Waals surface area (Å²) in [6.07, 6.45) is 8.41. The quantitative estimate of drug-likeness (QED) is 0.232. The van der Waals surface area contributed by atoms with Gasteiger partial charge in [-0.25, -0.2) is 4.79 Å². The highest BCUT2D eigenvalue weighted by Gasteiger charge is 2.20. The molecule has 1 atom stereocenters. The van der Waals surface area contributed by atoms with Gasteiger partial charge in [0.1, 0.15) is 0 Å². The van der Waals surface area contributed by atoms with Crippen molar-refractivity contribution in [1.82, 2.24) is 0 Å². The highest BCUT2D eigenvalue weighted by atomic mass is 16.5. The maximum atomic E-state index is 12.6. The Hall–Kier alpha value is -2.42. The van der Waals surface area contributed by atoms with E-state index in [0.29, 0.717) is 11.1 Å². The van der Waals surface area contributed by atoms with Crippen LogP contribution in [0.3, 0.4) is 0 Å². The molecule has 0 fully saturated rings. The number of ether oxygens (including phenoxy) is 1. The molecule has 156 valence electrons. The van der Waals surface area contributed by atoms with Gasteiger partial charge in [-0.3, -0.25) is 4.79 Å². The van der Waals surface area contributed by atoms with E-state index in [9.17, 15) is 9.59 Å². The molecule has 0 spiro atoms. The molecule has 0 amide bonds. The van der Waals surface area contributed by atoms with Crippen molar-refractivity contribution in [1.29, 1.82) is 0 Å². The lowest BCUT2D eigenvalue weighted by Gasteiger charge is -2.13. The van der Waals surface area contributed by atoms with Gasteiger partial charge in [0, 0.05) is 5.56 Å². The van der Waals surface area contributed by atoms with Crippen LogP contribution < -0.4 is 0 Å². The molecule has 2 rings (SSSR count). The smallest absolute Gasteiger partial charge is 0.338 e. The minimum atomic E-state index is -0.808. The number of Topliss-reactive ketones (excluding diaryl/α,β-unsaturated/α-hetero) is 1. The SMILES string of the molecule is CCCCCCc1ccc(C(=O)OC(C)C(=O)c2ccc(CCCC)cc2)cc1. The molecule has 0 aliphatic carbocycles. The highest BCUT2D eigenvalue weighted by molar-refractivity contribution is 6.01. The van der Waals surface area contributed by atoms with Crippen LogP contribution >= 0.6 is 0 Å². The topological polar surface area (TPSA) is 43.4 Å². The number of esters is 1. The van der Waals surface area contributed by atoms with Gasteiger partial charge in [-0.2, -0.15) is 0 Å². The fourth-order valence-corrected chi connectivity index (χ4v) is 3.30. The Bertz CT molecular complexity index is 760. The predicted molar refractivity (Wildman–Crippen MR) is 119 cm³/mol. The van der Waals surface area contributed by atoms with Crippen molar-refractivity contribution in [3.63, 3.8) is 0 Å². The van der Waals surface area contributed by atoms with Crippen LogP contribution in [0.25, 0.3) is 0 Å². The molecule has 29 heavy (non-hydrogen) atoms. The van der Waals surface area contributed by atoms with Gasteiger partial charge in [0.05, 0.1) is 5.56 Å².